The Kier molecular flexibility index (Phi) is 7.04. The predicted octanol–water partition coefficient (Wildman–Crippen LogP) is 3.31. The molecule has 1 aromatic rings. The molecular weight excluding hydrogens is 260 g/mol. The Bertz CT molecular complexity index is 368. The van der Waals surface area contributed by atoms with Gasteiger partial charge in [0.2, 0.25) is 0 Å². The number of hydrogen-bond donors (Lipinski definition) is 1. The predicted molar refractivity (Wildman–Crippen MR) is 88.9 cm³/mol. The Morgan fingerprint density at radius 1 is 1.19 bits per heavy atom. The van der Waals surface area contributed by atoms with Crippen LogP contribution in [0.2, 0.25) is 0 Å². The molecule has 1 aliphatic rings. The normalized spacial score (nSPS) is 18.6. The van der Waals surface area contributed by atoms with E-state index in [1.165, 1.54) is 19.4 Å². The SMILES string of the molecule is CCCC(CN1CCC(Oc2ccccc2)CC1)NCC. The molecule has 1 saturated heterocycles. The van der Waals surface area contributed by atoms with Gasteiger partial charge in [0.15, 0.2) is 0 Å². The average molecular weight is 290 g/mol. The monoisotopic (exact) mass is 290 g/mol. The van der Waals surface area contributed by atoms with Crippen molar-refractivity contribution in [3.8, 4) is 5.75 Å². The molecule has 21 heavy (non-hydrogen) atoms. The molecule has 1 heterocycles. The fourth-order valence-corrected chi connectivity index (χ4v) is 3.11. The van der Waals surface area contributed by atoms with Crippen LogP contribution in [0.3, 0.4) is 0 Å². The number of piperidine rings is 1. The van der Waals surface area contributed by atoms with E-state index in [0.717, 1.165) is 38.2 Å². The van der Waals surface area contributed by atoms with Crippen LogP contribution >= 0.6 is 0 Å². The van der Waals surface area contributed by atoms with Crippen LogP contribution in [0, 0.1) is 0 Å². The minimum Gasteiger partial charge on any atom is -0.490 e. The van der Waals surface area contributed by atoms with Crippen LogP contribution in [0.5, 0.6) is 5.75 Å². The zero-order valence-electron chi connectivity index (χ0n) is 13.6. The van der Waals surface area contributed by atoms with Gasteiger partial charge in [-0.05, 0) is 37.9 Å². The summed E-state index contributed by atoms with van der Waals surface area (Å²) in [5.41, 5.74) is 0. The summed E-state index contributed by atoms with van der Waals surface area (Å²) in [6, 6.07) is 10.9. The Morgan fingerprint density at radius 3 is 2.52 bits per heavy atom. The summed E-state index contributed by atoms with van der Waals surface area (Å²) in [5, 5.41) is 3.61. The highest BCUT2D eigenvalue weighted by Gasteiger charge is 2.22. The van der Waals surface area contributed by atoms with Crippen molar-refractivity contribution in [1.82, 2.24) is 10.2 Å². The smallest absolute Gasteiger partial charge is 0.119 e. The van der Waals surface area contributed by atoms with Crippen molar-refractivity contribution in [3.05, 3.63) is 30.3 Å². The van der Waals surface area contributed by atoms with Crippen LogP contribution < -0.4 is 10.1 Å². The molecule has 3 nitrogen and oxygen atoms in total. The van der Waals surface area contributed by atoms with Crippen molar-refractivity contribution >= 4 is 0 Å². The van der Waals surface area contributed by atoms with Crippen molar-refractivity contribution in [2.75, 3.05) is 26.2 Å². The number of ether oxygens (including phenoxy) is 1. The van der Waals surface area contributed by atoms with Gasteiger partial charge in [-0.3, -0.25) is 0 Å². The molecule has 0 saturated carbocycles. The van der Waals surface area contributed by atoms with Gasteiger partial charge in [0, 0.05) is 25.7 Å². The summed E-state index contributed by atoms with van der Waals surface area (Å²) in [7, 11) is 0. The highest BCUT2D eigenvalue weighted by atomic mass is 16.5. The van der Waals surface area contributed by atoms with E-state index in [9.17, 15) is 0 Å². The third-order valence-electron chi connectivity index (χ3n) is 4.19. The molecule has 2 rings (SSSR count). The molecule has 1 aromatic carbocycles. The molecule has 1 unspecified atom stereocenters. The molecule has 0 radical (unpaired) electrons. The Labute approximate surface area is 129 Å². The summed E-state index contributed by atoms with van der Waals surface area (Å²) in [4.78, 5) is 2.59. The molecule has 3 heteroatoms. The molecule has 0 bridgehead atoms. The first-order valence-electron chi connectivity index (χ1n) is 8.49. The van der Waals surface area contributed by atoms with E-state index >= 15 is 0 Å². The van der Waals surface area contributed by atoms with Crippen molar-refractivity contribution in [1.29, 1.82) is 0 Å². The molecule has 1 atom stereocenters. The van der Waals surface area contributed by atoms with Crippen molar-refractivity contribution in [2.45, 2.75) is 51.7 Å². The van der Waals surface area contributed by atoms with Crippen LogP contribution in [-0.4, -0.2) is 43.2 Å². The number of nitrogens with one attached hydrogen (secondary N) is 1. The van der Waals surface area contributed by atoms with Gasteiger partial charge in [0.25, 0.3) is 0 Å². The van der Waals surface area contributed by atoms with E-state index in [1.807, 2.05) is 18.2 Å². The summed E-state index contributed by atoms with van der Waals surface area (Å²) in [6.07, 6.45) is 5.19. The van der Waals surface area contributed by atoms with E-state index in [-0.39, 0.29) is 0 Å². The number of nitrogens with zero attached hydrogens (tertiary/aromatic N) is 1. The van der Waals surface area contributed by atoms with Gasteiger partial charge in [-0.25, -0.2) is 0 Å². The van der Waals surface area contributed by atoms with Crippen LogP contribution in [0.1, 0.15) is 39.5 Å². The summed E-state index contributed by atoms with van der Waals surface area (Å²) >= 11 is 0. The zero-order chi connectivity index (χ0) is 14.9. The molecule has 0 spiro atoms. The molecule has 1 N–H and O–H groups in total. The van der Waals surface area contributed by atoms with Gasteiger partial charge in [-0.1, -0.05) is 38.5 Å². The van der Waals surface area contributed by atoms with Crippen molar-refractivity contribution in [2.24, 2.45) is 0 Å². The lowest BCUT2D eigenvalue weighted by atomic mass is 10.1. The first-order valence-corrected chi connectivity index (χ1v) is 8.49. The Morgan fingerprint density at radius 2 is 1.90 bits per heavy atom. The van der Waals surface area contributed by atoms with Crippen LogP contribution in [-0.2, 0) is 0 Å². The lowest BCUT2D eigenvalue weighted by Gasteiger charge is -2.34. The summed E-state index contributed by atoms with van der Waals surface area (Å²) in [6.45, 7) is 9.02. The number of para-hydroxylation sites is 1. The minimum absolute atomic E-state index is 0.382. The molecule has 0 aromatic heterocycles. The van der Waals surface area contributed by atoms with Gasteiger partial charge in [-0.15, -0.1) is 0 Å². The van der Waals surface area contributed by atoms with Gasteiger partial charge < -0.3 is 15.0 Å². The first-order chi connectivity index (χ1) is 10.3. The second kappa shape index (κ2) is 9.06. The fourth-order valence-electron chi connectivity index (χ4n) is 3.11. The number of likely N-dealkylation sites (tertiary alicyclic amines) is 1. The van der Waals surface area contributed by atoms with Crippen molar-refractivity contribution < 1.29 is 4.74 Å². The van der Waals surface area contributed by atoms with E-state index < -0.39 is 0 Å². The van der Waals surface area contributed by atoms with E-state index in [1.54, 1.807) is 0 Å². The highest BCUT2D eigenvalue weighted by molar-refractivity contribution is 5.21. The molecular formula is C18H30N2O. The Balaban J connectivity index is 1.72. The molecule has 1 aliphatic heterocycles. The Hall–Kier alpha value is -1.06. The number of hydrogen-bond acceptors (Lipinski definition) is 3. The molecule has 118 valence electrons. The second-order valence-electron chi connectivity index (χ2n) is 5.97. The third-order valence-corrected chi connectivity index (χ3v) is 4.19. The first kappa shape index (κ1) is 16.3. The summed E-state index contributed by atoms with van der Waals surface area (Å²) < 4.78 is 6.06. The van der Waals surface area contributed by atoms with E-state index in [2.05, 4.69) is 36.2 Å². The lowest BCUT2D eigenvalue weighted by Crippen LogP contribution is -2.45. The number of rotatable bonds is 8. The summed E-state index contributed by atoms with van der Waals surface area (Å²) in [5.74, 6) is 1.01. The average Bonchev–Trinajstić information content (AvgIpc) is 2.51. The topological polar surface area (TPSA) is 24.5 Å². The standard InChI is InChI=1S/C18H30N2O/c1-3-8-16(19-4-2)15-20-13-11-18(12-14-20)21-17-9-6-5-7-10-17/h5-7,9-10,16,18-19H,3-4,8,11-15H2,1-2H3. The van der Waals surface area contributed by atoms with Crippen LogP contribution in [0.15, 0.2) is 30.3 Å². The maximum Gasteiger partial charge on any atom is 0.119 e. The highest BCUT2D eigenvalue weighted by Crippen LogP contribution is 2.19. The zero-order valence-corrected chi connectivity index (χ0v) is 13.6. The fraction of sp³-hybridized carbons (Fsp3) is 0.667. The molecule has 0 amide bonds. The second-order valence-corrected chi connectivity index (χ2v) is 5.97. The van der Waals surface area contributed by atoms with Gasteiger partial charge in [0.05, 0.1) is 0 Å². The van der Waals surface area contributed by atoms with Crippen molar-refractivity contribution in [3.63, 3.8) is 0 Å². The number of benzene rings is 1. The molecule has 0 aliphatic carbocycles. The maximum absolute atomic E-state index is 6.06. The van der Waals surface area contributed by atoms with Crippen LogP contribution in [0.4, 0.5) is 0 Å². The largest absolute Gasteiger partial charge is 0.490 e. The van der Waals surface area contributed by atoms with Crippen LogP contribution in [0.25, 0.3) is 0 Å². The van der Waals surface area contributed by atoms with E-state index in [0.29, 0.717) is 12.1 Å². The van der Waals surface area contributed by atoms with Gasteiger partial charge in [-0.2, -0.15) is 0 Å². The van der Waals surface area contributed by atoms with E-state index in [4.69, 9.17) is 4.74 Å². The quantitative estimate of drug-likeness (QED) is 0.795. The lowest BCUT2D eigenvalue weighted by molar-refractivity contribution is 0.0940. The maximum atomic E-state index is 6.06. The number of likely N-dealkylation sites (N-methyl/N-ethyl adjacent to an activating group) is 1. The van der Waals surface area contributed by atoms with Gasteiger partial charge >= 0.3 is 0 Å². The molecule has 1 fully saturated rings. The minimum atomic E-state index is 0.382. The van der Waals surface area contributed by atoms with Gasteiger partial charge in [0.1, 0.15) is 11.9 Å². The third kappa shape index (κ3) is 5.68.